The van der Waals surface area contributed by atoms with E-state index in [4.69, 9.17) is 9.47 Å². The van der Waals surface area contributed by atoms with Crippen molar-refractivity contribution >= 4 is 34.7 Å². The summed E-state index contributed by atoms with van der Waals surface area (Å²) >= 11 is 1.69. The topological polar surface area (TPSA) is 86.7 Å². The molecule has 258 valence electrons. The van der Waals surface area contributed by atoms with Gasteiger partial charge in [-0.1, -0.05) is 56.5 Å². The number of ether oxygens (including phenoxy) is 2. The number of aryl methyl sites for hydroxylation is 3. The van der Waals surface area contributed by atoms with Gasteiger partial charge >= 0.3 is 5.97 Å². The number of unbranched alkanes of at least 4 members (excludes halogenated alkanes) is 1. The van der Waals surface area contributed by atoms with E-state index in [0.717, 1.165) is 77.4 Å². The maximum absolute atomic E-state index is 14.2. The molecule has 0 amide bonds. The molecule has 1 aliphatic heterocycles. The molecule has 2 aliphatic rings. The Bertz CT molecular complexity index is 1250. The normalized spacial score (nSPS) is 21.4. The molecule has 0 spiro atoms. The summed E-state index contributed by atoms with van der Waals surface area (Å²) in [4.78, 5) is 55.1. The molecule has 2 heterocycles. The summed E-state index contributed by atoms with van der Waals surface area (Å²) in [5.74, 6) is -0.352. The van der Waals surface area contributed by atoms with Crippen LogP contribution in [0.2, 0.25) is 0 Å². The molecule has 2 aromatic rings. The molecule has 0 N–H and O–H groups in total. The molecule has 47 heavy (non-hydrogen) atoms. The van der Waals surface area contributed by atoms with Crippen molar-refractivity contribution in [3.8, 4) is 0 Å². The van der Waals surface area contributed by atoms with Crippen LogP contribution in [-0.2, 0) is 47.9 Å². The van der Waals surface area contributed by atoms with Gasteiger partial charge in [0.2, 0.25) is 0 Å². The summed E-state index contributed by atoms with van der Waals surface area (Å²) in [7, 11) is 0. The van der Waals surface area contributed by atoms with Crippen LogP contribution >= 0.6 is 11.3 Å². The molecule has 1 saturated carbocycles. The largest absolute Gasteiger partial charge is 0.466 e. The number of carbonyl (C=O) groups is 4. The fourth-order valence-corrected chi connectivity index (χ4v) is 8.32. The first-order valence-corrected chi connectivity index (χ1v) is 19.1. The van der Waals surface area contributed by atoms with Crippen LogP contribution in [0.15, 0.2) is 41.8 Å². The maximum atomic E-state index is 14.2. The van der Waals surface area contributed by atoms with Gasteiger partial charge in [0.25, 0.3) is 0 Å². The molecular weight excluding hydrogens is 609 g/mol. The molecule has 4 rings (SSSR count). The smallest absolute Gasteiger partial charge is 0.306 e. The van der Waals surface area contributed by atoms with Gasteiger partial charge in [-0.2, -0.15) is 0 Å². The Hall–Kier alpha value is -2.64. The Labute approximate surface area is 286 Å². The van der Waals surface area contributed by atoms with Crippen LogP contribution < -0.4 is 0 Å². The van der Waals surface area contributed by atoms with E-state index in [1.165, 1.54) is 16.0 Å². The van der Waals surface area contributed by atoms with Crippen LogP contribution in [0.5, 0.6) is 0 Å². The van der Waals surface area contributed by atoms with Crippen LogP contribution in [-0.4, -0.2) is 43.1 Å². The highest BCUT2D eigenvalue weighted by Crippen LogP contribution is 2.36. The summed E-state index contributed by atoms with van der Waals surface area (Å²) in [5, 5.41) is 2.05. The van der Waals surface area contributed by atoms with Crippen molar-refractivity contribution in [2.45, 2.75) is 117 Å². The molecule has 4 atom stereocenters. The maximum Gasteiger partial charge on any atom is 0.306 e. The monoisotopic (exact) mass is 664 g/mol. The number of ketones is 3. The molecule has 1 aliphatic carbocycles. The Balaban J connectivity index is 1.42. The first kappa shape index (κ1) is 37.2. The summed E-state index contributed by atoms with van der Waals surface area (Å²) in [5.41, 5.74) is 2.45. The zero-order chi connectivity index (χ0) is 33.4. The number of rotatable bonds is 19. The van der Waals surface area contributed by atoms with Gasteiger partial charge in [-0.3, -0.25) is 19.2 Å². The van der Waals surface area contributed by atoms with Crippen molar-refractivity contribution in [2.24, 2.45) is 29.6 Å². The fourth-order valence-electron chi connectivity index (χ4n) is 7.59. The van der Waals surface area contributed by atoms with Crippen molar-refractivity contribution in [2.75, 3.05) is 19.8 Å². The SMILES string of the molecule is CCOC(=O)CC(CCCCC1CCOCC1)CC(=O)CC1C(=O)C(CCc2ccc(CC)cc2)CC(=O)CC1CCc1cccs1. The lowest BCUT2D eigenvalue weighted by Gasteiger charge is -2.26. The van der Waals surface area contributed by atoms with E-state index < -0.39 is 5.92 Å². The van der Waals surface area contributed by atoms with E-state index in [0.29, 0.717) is 25.4 Å². The second-order valence-corrected chi connectivity index (χ2v) is 14.9. The highest BCUT2D eigenvalue weighted by atomic mass is 32.1. The minimum absolute atomic E-state index is 0.0338. The van der Waals surface area contributed by atoms with Crippen molar-refractivity contribution in [3.05, 3.63) is 57.8 Å². The van der Waals surface area contributed by atoms with Crippen LogP contribution in [0.25, 0.3) is 0 Å². The Morgan fingerprint density at radius 3 is 2.38 bits per heavy atom. The van der Waals surface area contributed by atoms with Gasteiger partial charge in [0.1, 0.15) is 17.3 Å². The van der Waals surface area contributed by atoms with Gasteiger partial charge in [0.05, 0.1) is 6.61 Å². The van der Waals surface area contributed by atoms with Gasteiger partial charge in [0.15, 0.2) is 0 Å². The molecule has 0 radical (unpaired) electrons. The van der Waals surface area contributed by atoms with Crippen molar-refractivity contribution in [1.82, 2.24) is 0 Å². The van der Waals surface area contributed by atoms with Crippen LogP contribution in [0, 0.1) is 29.6 Å². The highest BCUT2D eigenvalue weighted by Gasteiger charge is 2.39. The third kappa shape index (κ3) is 12.7. The number of esters is 1. The van der Waals surface area contributed by atoms with E-state index in [1.54, 1.807) is 18.3 Å². The number of hydrogen-bond donors (Lipinski definition) is 0. The summed E-state index contributed by atoms with van der Waals surface area (Å²) in [6, 6.07) is 12.6. The fraction of sp³-hybridized carbons (Fsp3) is 0.650. The first-order chi connectivity index (χ1) is 22.8. The van der Waals surface area contributed by atoms with Gasteiger partial charge in [0, 0.05) is 62.0 Å². The first-order valence-electron chi connectivity index (χ1n) is 18.2. The standard InChI is InChI=1S/C40H56O6S/c1-3-29-11-13-31(14-12-29)15-16-34-27-36(42)26-33(17-18-37-10-7-23-47-37)38(40(34)44)28-35(41)24-32(25-39(43)46-4-2)9-6-5-8-30-19-21-45-22-20-30/h7,10-14,23,30,32-34,38H,3-6,8-9,15-22,24-28H2,1-2H3. The molecule has 2 fully saturated rings. The van der Waals surface area contributed by atoms with Gasteiger partial charge in [-0.25, -0.2) is 0 Å². The van der Waals surface area contributed by atoms with Gasteiger partial charge in [-0.15, -0.1) is 11.3 Å². The van der Waals surface area contributed by atoms with E-state index in [9.17, 15) is 19.2 Å². The predicted octanol–water partition coefficient (Wildman–Crippen LogP) is 8.56. The Morgan fingerprint density at radius 1 is 0.915 bits per heavy atom. The van der Waals surface area contributed by atoms with E-state index in [2.05, 4.69) is 42.6 Å². The number of Topliss-reactive ketones (excluding diaryl/α,β-unsaturated/α-hetero) is 3. The molecule has 1 aromatic heterocycles. The highest BCUT2D eigenvalue weighted by molar-refractivity contribution is 7.09. The molecule has 0 bridgehead atoms. The average molecular weight is 665 g/mol. The predicted molar refractivity (Wildman–Crippen MR) is 187 cm³/mol. The number of benzene rings is 1. The summed E-state index contributed by atoms with van der Waals surface area (Å²) < 4.78 is 10.8. The number of thiophene rings is 1. The van der Waals surface area contributed by atoms with Crippen molar-refractivity contribution < 1.29 is 28.7 Å². The minimum atomic E-state index is -0.460. The van der Waals surface area contributed by atoms with E-state index in [1.807, 2.05) is 6.07 Å². The second-order valence-electron chi connectivity index (χ2n) is 13.9. The van der Waals surface area contributed by atoms with Crippen LogP contribution in [0.3, 0.4) is 0 Å². The quantitative estimate of drug-likeness (QED) is 0.0850. The van der Waals surface area contributed by atoms with E-state index in [-0.39, 0.29) is 66.8 Å². The molecule has 6 nitrogen and oxygen atoms in total. The Kier molecular flexibility index (Phi) is 15.8. The summed E-state index contributed by atoms with van der Waals surface area (Å²) in [6.07, 6.45) is 11.4. The lowest BCUT2D eigenvalue weighted by molar-refractivity contribution is -0.144. The third-order valence-corrected chi connectivity index (χ3v) is 11.3. The molecule has 7 heteroatoms. The van der Waals surface area contributed by atoms with Gasteiger partial charge < -0.3 is 9.47 Å². The molecule has 4 unspecified atom stereocenters. The zero-order valence-electron chi connectivity index (χ0n) is 28.7. The van der Waals surface area contributed by atoms with Gasteiger partial charge in [-0.05, 0) is 98.6 Å². The van der Waals surface area contributed by atoms with Crippen LogP contribution in [0.4, 0.5) is 0 Å². The third-order valence-electron chi connectivity index (χ3n) is 10.4. The summed E-state index contributed by atoms with van der Waals surface area (Å²) in [6.45, 7) is 5.95. The Morgan fingerprint density at radius 2 is 1.68 bits per heavy atom. The average Bonchev–Trinajstić information content (AvgIpc) is 3.57. The molecule has 1 aromatic carbocycles. The minimum Gasteiger partial charge on any atom is -0.466 e. The second kappa shape index (κ2) is 20.0. The number of hydrogen-bond acceptors (Lipinski definition) is 7. The lowest BCUT2D eigenvalue weighted by atomic mass is 9.76. The van der Waals surface area contributed by atoms with Crippen molar-refractivity contribution in [3.63, 3.8) is 0 Å². The van der Waals surface area contributed by atoms with E-state index >= 15 is 0 Å². The lowest BCUT2D eigenvalue weighted by Crippen LogP contribution is -2.30. The van der Waals surface area contributed by atoms with Crippen molar-refractivity contribution in [1.29, 1.82) is 0 Å². The molecular formula is C40H56O6S. The molecule has 1 saturated heterocycles. The van der Waals surface area contributed by atoms with Crippen LogP contribution in [0.1, 0.15) is 113 Å². The number of carbonyl (C=O) groups excluding carboxylic acids is 4. The zero-order valence-corrected chi connectivity index (χ0v) is 29.5.